The SMILES string of the molecule is NC(=O)Cc1ccc(NS(=O)(=O)c2ccn[nH]2)cc1. The maximum atomic E-state index is 11.9. The summed E-state index contributed by atoms with van der Waals surface area (Å²) in [5, 5.41) is 5.94. The van der Waals surface area contributed by atoms with Gasteiger partial charge in [0.2, 0.25) is 5.91 Å². The lowest BCUT2D eigenvalue weighted by atomic mass is 10.1. The minimum absolute atomic E-state index is 0.0197. The average molecular weight is 280 g/mol. The van der Waals surface area contributed by atoms with E-state index < -0.39 is 15.9 Å². The number of aromatic nitrogens is 2. The number of benzene rings is 1. The molecule has 0 fully saturated rings. The van der Waals surface area contributed by atoms with Crippen LogP contribution in [0.25, 0.3) is 0 Å². The molecular weight excluding hydrogens is 268 g/mol. The molecule has 1 amide bonds. The molecule has 1 aromatic heterocycles. The molecule has 100 valence electrons. The first-order valence-corrected chi connectivity index (χ1v) is 6.85. The molecule has 0 aliphatic carbocycles. The van der Waals surface area contributed by atoms with Gasteiger partial charge in [-0.05, 0) is 23.8 Å². The second-order valence-electron chi connectivity index (χ2n) is 3.87. The first-order valence-electron chi connectivity index (χ1n) is 5.37. The Morgan fingerprint density at radius 2 is 1.95 bits per heavy atom. The Morgan fingerprint density at radius 1 is 1.26 bits per heavy atom. The normalized spacial score (nSPS) is 11.2. The minimum atomic E-state index is -3.67. The summed E-state index contributed by atoms with van der Waals surface area (Å²) in [7, 11) is -3.67. The topological polar surface area (TPSA) is 118 Å². The van der Waals surface area contributed by atoms with Crippen LogP contribution < -0.4 is 10.5 Å². The quantitative estimate of drug-likeness (QED) is 0.726. The van der Waals surface area contributed by atoms with Gasteiger partial charge >= 0.3 is 0 Å². The molecule has 19 heavy (non-hydrogen) atoms. The zero-order valence-corrected chi connectivity index (χ0v) is 10.6. The number of rotatable bonds is 5. The van der Waals surface area contributed by atoms with Crippen LogP contribution in [0, 0.1) is 0 Å². The van der Waals surface area contributed by atoms with Gasteiger partial charge in [-0.25, -0.2) is 0 Å². The summed E-state index contributed by atoms with van der Waals surface area (Å²) >= 11 is 0. The number of primary amides is 1. The fraction of sp³-hybridized carbons (Fsp3) is 0.0909. The molecular formula is C11H12N4O3S. The van der Waals surface area contributed by atoms with E-state index >= 15 is 0 Å². The molecule has 4 N–H and O–H groups in total. The summed E-state index contributed by atoms with van der Waals surface area (Å²) < 4.78 is 26.1. The summed E-state index contributed by atoms with van der Waals surface area (Å²) in [6.45, 7) is 0. The van der Waals surface area contributed by atoms with Crippen LogP contribution in [0.1, 0.15) is 5.56 Å². The van der Waals surface area contributed by atoms with Crippen LogP contribution in [0.3, 0.4) is 0 Å². The molecule has 0 saturated carbocycles. The first kappa shape index (κ1) is 13.1. The van der Waals surface area contributed by atoms with E-state index in [4.69, 9.17) is 5.73 Å². The maximum absolute atomic E-state index is 11.9. The molecule has 1 heterocycles. The van der Waals surface area contributed by atoms with Crippen LogP contribution in [-0.2, 0) is 21.2 Å². The largest absolute Gasteiger partial charge is 0.369 e. The third kappa shape index (κ3) is 3.32. The van der Waals surface area contributed by atoms with E-state index in [0.29, 0.717) is 5.69 Å². The lowest BCUT2D eigenvalue weighted by molar-refractivity contribution is -0.117. The van der Waals surface area contributed by atoms with Crippen molar-refractivity contribution >= 4 is 21.6 Å². The third-order valence-electron chi connectivity index (χ3n) is 2.35. The number of hydrogen-bond donors (Lipinski definition) is 3. The smallest absolute Gasteiger partial charge is 0.278 e. The number of carbonyl (C=O) groups is 1. The molecule has 0 radical (unpaired) electrons. The van der Waals surface area contributed by atoms with E-state index in [1.165, 1.54) is 12.3 Å². The Balaban J connectivity index is 2.14. The van der Waals surface area contributed by atoms with Gasteiger partial charge in [-0.1, -0.05) is 12.1 Å². The van der Waals surface area contributed by atoms with E-state index in [1.54, 1.807) is 24.3 Å². The zero-order chi connectivity index (χ0) is 13.9. The molecule has 8 heteroatoms. The lowest BCUT2D eigenvalue weighted by Gasteiger charge is -2.06. The molecule has 0 aliphatic rings. The van der Waals surface area contributed by atoms with Crippen LogP contribution in [0.2, 0.25) is 0 Å². The number of nitrogens with one attached hydrogen (secondary N) is 2. The second kappa shape index (κ2) is 5.11. The number of carbonyl (C=O) groups excluding carboxylic acids is 1. The Kier molecular flexibility index (Phi) is 3.52. The van der Waals surface area contributed by atoms with E-state index in [1.807, 2.05) is 0 Å². The number of anilines is 1. The van der Waals surface area contributed by atoms with Gasteiger partial charge in [0.1, 0.15) is 0 Å². The molecule has 0 bridgehead atoms. The minimum Gasteiger partial charge on any atom is -0.369 e. The van der Waals surface area contributed by atoms with Crippen molar-refractivity contribution in [3.05, 3.63) is 42.1 Å². The standard InChI is InChI=1S/C11H12N4O3S/c12-10(16)7-8-1-3-9(4-2-8)15-19(17,18)11-5-6-13-14-11/h1-6,15H,7H2,(H2,12,16)(H,13,14). The fourth-order valence-corrected chi connectivity index (χ4v) is 2.46. The van der Waals surface area contributed by atoms with Crippen molar-refractivity contribution in [1.82, 2.24) is 10.2 Å². The van der Waals surface area contributed by atoms with E-state index in [9.17, 15) is 13.2 Å². The number of hydrogen-bond acceptors (Lipinski definition) is 4. The van der Waals surface area contributed by atoms with Crippen LogP contribution >= 0.6 is 0 Å². The number of H-pyrrole nitrogens is 1. The maximum Gasteiger partial charge on any atom is 0.278 e. The molecule has 0 saturated heterocycles. The van der Waals surface area contributed by atoms with Gasteiger partial charge in [-0.3, -0.25) is 14.6 Å². The van der Waals surface area contributed by atoms with Crippen LogP contribution in [-0.4, -0.2) is 24.5 Å². The van der Waals surface area contributed by atoms with Gasteiger partial charge in [0.25, 0.3) is 10.0 Å². The first-order chi connectivity index (χ1) is 8.97. The Bertz CT molecular complexity index is 662. The Hall–Kier alpha value is -2.35. The van der Waals surface area contributed by atoms with Gasteiger partial charge in [0.15, 0.2) is 5.03 Å². The number of nitrogens with zero attached hydrogens (tertiary/aromatic N) is 1. The molecule has 7 nitrogen and oxygen atoms in total. The summed E-state index contributed by atoms with van der Waals surface area (Å²) in [4.78, 5) is 10.7. The highest BCUT2D eigenvalue weighted by Gasteiger charge is 2.15. The van der Waals surface area contributed by atoms with Gasteiger partial charge < -0.3 is 5.73 Å². The van der Waals surface area contributed by atoms with Crippen molar-refractivity contribution in [1.29, 1.82) is 0 Å². The van der Waals surface area contributed by atoms with Crippen LogP contribution in [0.5, 0.6) is 0 Å². The van der Waals surface area contributed by atoms with Gasteiger partial charge in [-0.2, -0.15) is 13.5 Å². The predicted octanol–water partition coefficient (Wildman–Crippen LogP) is 0.238. The van der Waals surface area contributed by atoms with Crippen molar-refractivity contribution < 1.29 is 13.2 Å². The Labute approximate surface area is 109 Å². The van der Waals surface area contributed by atoms with Crippen molar-refractivity contribution in [3.8, 4) is 0 Å². The molecule has 0 atom stereocenters. The van der Waals surface area contributed by atoms with Crippen LogP contribution in [0.4, 0.5) is 5.69 Å². The number of aromatic amines is 1. The molecule has 0 aliphatic heterocycles. The second-order valence-corrected chi connectivity index (χ2v) is 5.52. The fourth-order valence-electron chi connectivity index (χ4n) is 1.49. The number of nitrogens with two attached hydrogens (primary N) is 1. The summed E-state index contributed by atoms with van der Waals surface area (Å²) in [6.07, 6.45) is 1.47. The van der Waals surface area contributed by atoms with E-state index in [-0.39, 0.29) is 11.4 Å². The van der Waals surface area contributed by atoms with Crippen molar-refractivity contribution in [2.24, 2.45) is 5.73 Å². The molecule has 2 aromatic rings. The van der Waals surface area contributed by atoms with E-state index in [2.05, 4.69) is 14.9 Å². The van der Waals surface area contributed by atoms with Crippen molar-refractivity contribution in [2.45, 2.75) is 11.4 Å². The summed E-state index contributed by atoms with van der Waals surface area (Å²) in [6, 6.07) is 7.74. The van der Waals surface area contributed by atoms with Crippen LogP contribution in [0.15, 0.2) is 41.6 Å². The predicted molar refractivity (Wildman–Crippen MR) is 68.7 cm³/mol. The lowest BCUT2D eigenvalue weighted by Crippen LogP contribution is -2.14. The van der Waals surface area contributed by atoms with Gasteiger partial charge in [0.05, 0.1) is 12.6 Å². The number of amides is 1. The summed E-state index contributed by atoms with van der Waals surface area (Å²) in [5.74, 6) is -0.439. The zero-order valence-electron chi connectivity index (χ0n) is 9.83. The highest BCUT2D eigenvalue weighted by molar-refractivity contribution is 7.92. The summed E-state index contributed by atoms with van der Waals surface area (Å²) in [5.41, 5.74) is 6.18. The highest BCUT2D eigenvalue weighted by atomic mass is 32.2. The Morgan fingerprint density at radius 3 is 2.47 bits per heavy atom. The molecule has 2 rings (SSSR count). The molecule has 1 aromatic carbocycles. The van der Waals surface area contributed by atoms with E-state index in [0.717, 1.165) is 5.56 Å². The molecule has 0 spiro atoms. The van der Waals surface area contributed by atoms with Gasteiger partial charge in [-0.15, -0.1) is 0 Å². The van der Waals surface area contributed by atoms with Crippen molar-refractivity contribution in [3.63, 3.8) is 0 Å². The highest BCUT2D eigenvalue weighted by Crippen LogP contribution is 2.15. The third-order valence-corrected chi connectivity index (χ3v) is 3.66. The number of sulfonamides is 1. The van der Waals surface area contributed by atoms with Crippen molar-refractivity contribution in [2.75, 3.05) is 4.72 Å². The van der Waals surface area contributed by atoms with Gasteiger partial charge in [0, 0.05) is 5.69 Å². The average Bonchev–Trinajstić information content (AvgIpc) is 2.85. The monoisotopic (exact) mass is 280 g/mol. The molecule has 0 unspecified atom stereocenters.